The molecule has 0 amide bonds. The molecule has 6 heteroatoms. The maximum atomic E-state index is 11.9. The molecule has 0 spiro atoms. The van der Waals surface area contributed by atoms with Gasteiger partial charge in [-0.2, -0.15) is 4.31 Å². The van der Waals surface area contributed by atoms with Crippen molar-refractivity contribution in [2.75, 3.05) is 19.6 Å². The summed E-state index contributed by atoms with van der Waals surface area (Å²) in [6.45, 7) is 6.40. The Kier molecular flexibility index (Phi) is 4.11. The molecule has 15 heavy (non-hydrogen) atoms. The van der Waals surface area contributed by atoms with Gasteiger partial charge >= 0.3 is 0 Å². The third-order valence-electron chi connectivity index (χ3n) is 2.51. The van der Waals surface area contributed by atoms with Crippen LogP contribution < -0.4 is 5.73 Å². The number of hydrogen-bond donors (Lipinski definition) is 1. The quantitative estimate of drug-likeness (QED) is 0.735. The second kappa shape index (κ2) is 4.78. The summed E-state index contributed by atoms with van der Waals surface area (Å²) in [5.41, 5.74) is 5.50. The lowest BCUT2D eigenvalue weighted by atomic mass is 10.2. The Labute approximate surface area is 91.6 Å². The summed E-state index contributed by atoms with van der Waals surface area (Å²) in [5, 5.41) is -0.388. The minimum atomic E-state index is -3.18. The van der Waals surface area contributed by atoms with E-state index in [0.717, 1.165) is 0 Å². The van der Waals surface area contributed by atoms with Crippen LogP contribution in [0.25, 0.3) is 0 Å². The lowest BCUT2D eigenvalue weighted by molar-refractivity contribution is -0.0487. The molecule has 0 bridgehead atoms. The van der Waals surface area contributed by atoms with Gasteiger partial charge in [0.05, 0.1) is 17.5 Å². The fourth-order valence-electron chi connectivity index (χ4n) is 1.64. The van der Waals surface area contributed by atoms with E-state index in [0.29, 0.717) is 19.6 Å². The highest BCUT2D eigenvalue weighted by Crippen LogP contribution is 2.17. The van der Waals surface area contributed by atoms with Gasteiger partial charge in [-0.15, -0.1) is 0 Å². The molecule has 0 radical (unpaired) electrons. The maximum Gasteiger partial charge on any atom is 0.216 e. The van der Waals surface area contributed by atoms with Crippen LogP contribution in [0.4, 0.5) is 0 Å². The number of rotatable bonds is 3. The van der Waals surface area contributed by atoms with Crippen molar-refractivity contribution in [1.29, 1.82) is 0 Å². The highest BCUT2D eigenvalue weighted by Gasteiger charge is 2.33. The number of hydrogen-bond acceptors (Lipinski definition) is 4. The molecule has 1 rings (SSSR count). The smallest absolute Gasteiger partial charge is 0.216 e. The number of sulfonamides is 1. The average molecular weight is 236 g/mol. The minimum Gasteiger partial charge on any atom is -0.371 e. The van der Waals surface area contributed by atoms with E-state index in [9.17, 15) is 8.42 Å². The molecule has 90 valence electrons. The first-order chi connectivity index (χ1) is 6.87. The number of ether oxygens (including phenoxy) is 1. The standard InChI is InChI=1S/C9H20N2O3S/c1-7(2)15(12,13)11-5-8(3)14-9(4-10)6-11/h7-9H,4-6,10H2,1-3H3. The van der Waals surface area contributed by atoms with Crippen molar-refractivity contribution in [1.82, 2.24) is 4.31 Å². The number of nitrogens with zero attached hydrogens (tertiary/aromatic N) is 1. The van der Waals surface area contributed by atoms with Crippen LogP contribution in [0, 0.1) is 0 Å². The van der Waals surface area contributed by atoms with Gasteiger partial charge < -0.3 is 10.5 Å². The fraction of sp³-hybridized carbons (Fsp3) is 1.00. The highest BCUT2D eigenvalue weighted by molar-refractivity contribution is 7.89. The number of nitrogens with two attached hydrogens (primary N) is 1. The molecule has 5 nitrogen and oxygen atoms in total. The van der Waals surface area contributed by atoms with E-state index < -0.39 is 10.0 Å². The molecule has 0 aromatic heterocycles. The van der Waals surface area contributed by atoms with Crippen LogP contribution in [0.2, 0.25) is 0 Å². The summed E-state index contributed by atoms with van der Waals surface area (Å²) >= 11 is 0. The van der Waals surface area contributed by atoms with Gasteiger partial charge in [-0.25, -0.2) is 8.42 Å². The predicted molar refractivity (Wildman–Crippen MR) is 59.0 cm³/mol. The Morgan fingerprint density at radius 3 is 2.53 bits per heavy atom. The number of morpholine rings is 1. The minimum absolute atomic E-state index is 0.0826. The van der Waals surface area contributed by atoms with Crippen molar-refractivity contribution in [3.05, 3.63) is 0 Å². The van der Waals surface area contributed by atoms with Gasteiger partial charge in [-0.1, -0.05) is 0 Å². The summed E-state index contributed by atoms with van der Waals surface area (Å²) in [7, 11) is -3.18. The zero-order valence-electron chi connectivity index (χ0n) is 9.51. The zero-order valence-corrected chi connectivity index (χ0v) is 10.3. The van der Waals surface area contributed by atoms with Gasteiger partial charge in [0.1, 0.15) is 0 Å². The fourth-order valence-corrected chi connectivity index (χ4v) is 3.03. The Morgan fingerprint density at radius 1 is 1.47 bits per heavy atom. The molecule has 1 aliphatic rings. The van der Waals surface area contributed by atoms with Crippen molar-refractivity contribution < 1.29 is 13.2 Å². The van der Waals surface area contributed by atoms with Crippen molar-refractivity contribution in [2.45, 2.75) is 38.2 Å². The molecular weight excluding hydrogens is 216 g/mol. The molecule has 2 atom stereocenters. The SMILES string of the molecule is CC1CN(S(=O)(=O)C(C)C)CC(CN)O1. The summed E-state index contributed by atoms with van der Waals surface area (Å²) in [5.74, 6) is 0. The molecule has 0 saturated carbocycles. The second-order valence-electron chi connectivity index (χ2n) is 4.22. The van der Waals surface area contributed by atoms with Crippen molar-refractivity contribution in [3.8, 4) is 0 Å². The molecule has 1 saturated heterocycles. The molecule has 1 heterocycles. The first kappa shape index (κ1) is 12.9. The molecule has 0 aliphatic carbocycles. The third-order valence-corrected chi connectivity index (χ3v) is 4.72. The third kappa shape index (κ3) is 2.90. The van der Waals surface area contributed by atoms with Crippen LogP contribution in [-0.2, 0) is 14.8 Å². The molecule has 0 aromatic rings. The first-order valence-electron chi connectivity index (χ1n) is 5.22. The van der Waals surface area contributed by atoms with Crippen LogP contribution in [0.15, 0.2) is 0 Å². The first-order valence-corrected chi connectivity index (χ1v) is 6.72. The molecule has 2 unspecified atom stereocenters. The summed E-state index contributed by atoms with van der Waals surface area (Å²) in [6, 6.07) is 0. The topological polar surface area (TPSA) is 72.6 Å². The zero-order chi connectivity index (χ0) is 11.6. The Morgan fingerprint density at radius 2 is 2.07 bits per heavy atom. The molecule has 1 fully saturated rings. The van der Waals surface area contributed by atoms with Crippen molar-refractivity contribution >= 4 is 10.0 Å². The van der Waals surface area contributed by atoms with Gasteiger partial charge in [0.2, 0.25) is 10.0 Å². The van der Waals surface area contributed by atoms with E-state index in [1.54, 1.807) is 13.8 Å². The molecule has 0 aromatic carbocycles. The van der Waals surface area contributed by atoms with Crippen molar-refractivity contribution in [3.63, 3.8) is 0 Å². The van der Waals surface area contributed by atoms with E-state index in [4.69, 9.17) is 10.5 Å². The van der Waals surface area contributed by atoms with Crippen LogP contribution in [0.1, 0.15) is 20.8 Å². The summed E-state index contributed by atoms with van der Waals surface area (Å²) in [4.78, 5) is 0. The lowest BCUT2D eigenvalue weighted by Crippen LogP contribution is -2.52. The monoisotopic (exact) mass is 236 g/mol. The van der Waals surface area contributed by atoms with E-state index in [2.05, 4.69) is 0 Å². The van der Waals surface area contributed by atoms with Crippen LogP contribution in [0.5, 0.6) is 0 Å². The molecular formula is C9H20N2O3S. The van der Waals surface area contributed by atoms with Gasteiger partial charge in [0.25, 0.3) is 0 Å². The Balaban J connectivity index is 2.78. The van der Waals surface area contributed by atoms with Gasteiger partial charge in [0, 0.05) is 19.6 Å². The Bertz CT molecular complexity index is 302. The van der Waals surface area contributed by atoms with Crippen LogP contribution in [-0.4, -0.2) is 49.8 Å². The van der Waals surface area contributed by atoms with Crippen LogP contribution >= 0.6 is 0 Å². The molecule has 1 aliphatic heterocycles. The average Bonchev–Trinajstić information content (AvgIpc) is 2.16. The van der Waals surface area contributed by atoms with E-state index in [1.165, 1.54) is 4.31 Å². The summed E-state index contributed by atoms with van der Waals surface area (Å²) < 4.78 is 30.8. The normalized spacial score (nSPS) is 29.7. The Hall–Kier alpha value is -0.170. The van der Waals surface area contributed by atoms with Crippen LogP contribution in [0.3, 0.4) is 0 Å². The summed E-state index contributed by atoms with van der Waals surface area (Å²) in [6.07, 6.45) is -0.261. The largest absolute Gasteiger partial charge is 0.371 e. The lowest BCUT2D eigenvalue weighted by Gasteiger charge is -2.36. The van der Waals surface area contributed by atoms with Crippen molar-refractivity contribution in [2.24, 2.45) is 5.73 Å². The predicted octanol–water partition coefficient (Wildman–Crippen LogP) is -0.227. The second-order valence-corrected chi connectivity index (χ2v) is 6.70. The van der Waals surface area contributed by atoms with Gasteiger partial charge in [-0.3, -0.25) is 0 Å². The highest BCUT2D eigenvalue weighted by atomic mass is 32.2. The molecule has 2 N–H and O–H groups in total. The maximum absolute atomic E-state index is 11.9. The van der Waals surface area contributed by atoms with Gasteiger partial charge in [0.15, 0.2) is 0 Å². The van der Waals surface area contributed by atoms with E-state index in [-0.39, 0.29) is 17.5 Å². The van der Waals surface area contributed by atoms with Gasteiger partial charge in [-0.05, 0) is 20.8 Å². The van der Waals surface area contributed by atoms with E-state index in [1.807, 2.05) is 6.92 Å². The van der Waals surface area contributed by atoms with E-state index >= 15 is 0 Å².